The molecule has 3 aromatic carbocycles. The number of carbonyl (C=O) groups is 2. The van der Waals surface area contributed by atoms with Crippen molar-refractivity contribution >= 4 is 22.8 Å². The van der Waals surface area contributed by atoms with E-state index in [4.69, 9.17) is 0 Å². The van der Waals surface area contributed by atoms with Crippen molar-refractivity contribution in [1.29, 1.82) is 0 Å². The lowest BCUT2D eigenvalue weighted by molar-refractivity contribution is -0.144. The molecule has 1 N–H and O–H groups in total. The molecule has 2 atom stereocenters. The Morgan fingerprint density at radius 2 is 1.46 bits per heavy atom. The molecule has 1 saturated carbocycles. The predicted molar refractivity (Wildman–Crippen MR) is 143 cm³/mol. The highest BCUT2D eigenvalue weighted by Gasteiger charge is 2.36. The van der Waals surface area contributed by atoms with Gasteiger partial charge in [0.2, 0.25) is 11.8 Å². The summed E-state index contributed by atoms with van der Waals surface area (Å²) in [5.41, 5.74) is 2.42. The second-order valence-corrected chi connectivity index (χ2v) is 10.1. The van der Waals surface area contributed by atoms with E-state index in [-0.39, 0.29) is 18.5 Å². The van der Waals surface area contributed by atoms with Crippen LogP contribution < -0.4 is 5.32 Å². The first-order valence-electron chi connectivity index (χ1n) is 13.3. The van der Waals surface area contributed by atoms with Gasteiger partial charge in [0, 0.05) is 12.6 Å². The number of nitrogens with one attached hydrogen (secondary N) is 1. The van der Waals surface area contributed by atoms with E-state index in [2.05, 4.69) is 15.5 Å². The van der Waals surface area contributed by atoms with E-state index >= 15 is 0 Å². The highest BCUT2D eigenvalue weighted by atomic mass is 19.1. The molecule has 0 bridgehead atoms. The van der Waals surface area contributed by atoms with Crippen molar-refractivity contribution in [2.75, 3.05) is 0 Å². The quantitative estimate of drug-likeness (QED) is 0.326. The van der Waals surface area contributed by atoms with Crippen LogP contribution >= 0.6 is 0 Å². The van der Waals surface area contributed by atoms with E-state index in [0.717, 1.165) is 32.1 Å². The minimum atomic E-state index is -1.04. The van der Waals surface area contributed by atoms with Crippen molar-refractivity contribution in [1.82, 2.24) is 25.2 Å². The third-order valence-electron chi connectivity index (χ3n) is 7.25. The van der Waals surface area contributed by atoms with Crippen LogP contribution in [0.15, 0.2) is 72.8 Å². The number of amides is 2. The molecule has 2 amide bonds. The normalized spacial score (nSPS) is 15.6. The fourth-order valence-electron chi connectivity index (χ4n) is 5.12. The Morgan fingerprint density at radius 1 is 0.897 bits per heavy atom. The molecule has 1 aromatic heterocycles. The SMILES string of the molecule is CC(C(=O)N(Cc1ccc(F)cc1)C(C(=O)NC1CCCCC1)c1ccc(F)cc1)n1nc2ccccc2n1. The van der Waals surface area contributed by atoms with E-state index in [1.54, 1.807) is 19.1 Å². The summed E-state index contributed by atoms with van der Waals surface area (Å²) >= 11 is 0. The number of fused-ring (bicyclic) bond motifs is 1. The number of hydrogen-bond acceptors (Lipinski definition) is 4. The molecular weight excluding hydrogens is 500 g/mol. The first-order chi connectivity index (χ1) is 18.9. The fraction of sp³-hybridized carbons (Fsp3) is 0.333. The summed E-state index contributed by atoms with van der Waals surface area (Å²) in [5.74, 6) is -1.58. The Labute approximate surface area is 225 Å². The molecule has 0 aliphatic heterocycles. The third kappa shape index (κ3) is 6.13. The standard InChI is InChI=1S/C30H31F2N5O2/c1-20(37-34-26-9-5-6-10-27(26)35-37)30(39)36(19-21-11-15-23(31)16-12-21)28(22-13-17-24(32)18-14-22)29(38)33-25-7-3-2-4-8-25/h5-6,9-18,20,25,28H,2-4,7-8,19H2,1H3,(H,33,38). The van der Waals surface area contributed by atoms with Crippen LogP contribution in [0, 0.1) is 11.6 Å². The van der Waals surface area contributed by atoms with Crippen molar-refractivity contribution in [3.63, 3.8) is 0 Å². The molecule has 9 heteroatoms. The molecule has 202 valence electrons. The summed E-state index contributed by atoms with van der Waals surface area (Å²) in [6.45, 7) is 1.71. The lowest BCUT2D eigenvalue weighted by Crippen LogP contribution is -2.48. The van der Waals surface area contributed by atoms with Crippen LogP contribution in [0.2, 0.25) is 0 Å². The van der Waals surface area contributed by atoms with Gasteiger partial charge in [-0.15, -0.1) is 0 Å². The zero-order valence-corrected chi connectivity index (χ0v) is 21.8. The van der Waals surface area contributed by atoms with E-state index in [0.29, 0.717) is 22.2 Å². The second-order valence-electron chi connectivity index (χ2n) is 10.1. The molecule has 4 aromatic rings. The van der Waals surface area contributed by atoms with Crippen molar-refractivity contribution in [3.05, 3.63) is 95.6 Å². The summed E-state index contributed by atoms with van der Waals surface area (Å²) in [6.07, 6.45) is 4.92. The zero-order chi connectivity index (χ0) is 27.4. The van der Waals surface area contributed by atoms with Crippen LogP contribution in [0.25, 0.3) is 11.0 Å². The van der Waals surface area contributed by atoms with E-state index in [1.165, 1.54) is 46.1 Å². The molecule has 7 nitrogen and oxygen atoms in total. The number of rotatable bonds is 8. The van der Waals surface area contributed by atoms with E-state index < -0.39 is 29.6 Å². The highest BCUT2D eigenvalue weighted by molar-refractivity contribution is 5.90. The number of halogens is 2. The largest absolute Gasteiger partial charge is 0.351 e. The molecule has 1 aliphatic carbocycles. The summed E-state index contributed by atoms with van der Waals surface area (Å²) in [4.78, 5) is 30.9. The lowest BCUT2D eigenvalue weighted by Gasteiger charge is -2.34. The van der Waals surface area contributed by atoms with Crippen LogP contribution in [-0.2, 0) is 16.1 Å². The van der Waals surface area contributed by atoms with Gasteiger partial charge < -0.3 is 10.2 Å². The van der Waals surface area contributed by atoms with Crippen molar-refractivity contribution in [2.24, 2.45) is 0 Å². The van der Waals surface area contributed by atoms with Gasteiger partial charge in [-0.05, 0) is 67.3 Å². The van der Waals surface area contributed by atoms with Crippen molar-refractivity contribution in [2.45, 2.75) is 63.7 Å². The number of hydrogen-bond donors (Lipinski definition) is 1. The average molecular weight is 532 g/mol. The van der Waals surface area contributed by atoms with E-state index in [9.17, 15) is 18.4 Å². The van der Waals surface area contributed by atoms with Crippen LogP contribution in [0.4, 0.5) is 8.78 Å². The molecule has 0 saturated heterocycles. The highest BCUT2D eigenvalue weighted by Crippen LogP contribution is 2.28. The number of benzene rings is 3. The Bertz CT molecular complexity index is 1400. The lowest BCUT2D eigenvalue weighted by atomic mass is 9.94. The van der Waals surface area contributed by atoms with Gasteiger partial charge in [0.1, 0.15) is 34.8 Å². The minimum absolute atomic E-state index is 0.00692. The average Bonchev–Trinajstić information content (AvgIpc) is 3.39. The number of aromatic nitrogens is 3. The first-order valence-corrected chi connectivity index (χ1v) is 13.3. The molecule has 1 fully saturated rings. The summed E-state index contributed by atoms with van der Waals surface area (Å²) in [6, 6.07) is 16.8. The maximum Gasteiger partial charge on any atom is 0.250 e. The number of carbonyl (C=O) groups excluding carboxylic acids is 2. The van der Waals surface area contributed by atoms with Gasteiger partial charge in [0.15, 0.2) is 0 Å². The van der Waals surface area contributed by atoms with Gasteiger partial charge in [-0.3, -0.25) is 9.59 Å². The monoisotopic (exact) mass is 531 g/mol. The predicted octanol–water partition coefficient (Wildman–Crippen LogP) is 5.49. The molecule has 5 rings (SSSR count). The molecule has 2 unspecified atom stereocenters. The van der Waals surface area contributed by atoms with Crippen LogP contribution in [0.1, 0.15) is 62.2 Å². The van der Waals surface area contributed by atoms with Gasteiger partial charge in [0.05, 0.1) is 0 Å². The maximum absolute atomic E-state index is 14.2. The van der Waals surface area contributed by atoms with Gasteiger partial charge in [-0.2, -0.15) is 15.0 Å². The molecule has 0 spiro atoms. The fourth-order valence-corrected chi connectivity index (χ4v) is 5.12. The summed E-state index contributed by atoms with van der Waals surface area (Å²) < 4.78 is 27.6. The summed E-state index contributed by atoms with van der Waals surface area (Å²) in [5, 5.41) is 12.1. The Hall–Kier alpha value is -4.14. The topological polar surface area (TPSA) is 80.1 Å². The van der Waals surface area contributed by atoms with Gasteiger partial charge in [-0.1, -0.05) is 55.7 Å². The zero-order valence-electron chi connectivity index (χ0n) is 21.8. The van der Waals surface area contributed by atoms with Crippen LogP contribution in [0.3, 0.4) is 0 Å². The Balaban J connectivity index is 1.53. The first kappa shape index (κ1) is 26.5. The van der Waals surface area contributed by atoms with Gasteiger partial charge >= 0.3 is 0 Å². The Morgan fingerprint density at radius 3 is 2.05 bits per heavy atom. The molecular formula is C30H31F2N5O2. The second kappa shape index (κ2) is 11.7. The molecule has 1 heterocycles. The van der Waals surface area contributed by atoms with Crippen LogP contribution in [-0.4, -0.2) is 37.7 Å². The molecule has 39 heavy (non-hydrogen) atoms. The minimum Gasteiger partial charge on any atom is -0.351 e. The van der Waals surface area contributed by atoms with Gasteiger partial charge in [0.25, 0.3) is 0 Å². The molecule has 0 radical (unpaired) electrons. The van der Waals surface area contributed by atoms with E-state index in [1.807, 2.05) is 24.3 Å². The van der Waals surface area contributed by atoms with Gasteiger partial charge in [-0.25, -0.2) is 8.78 Å². The van der Waals surface area contributed by atoms with Crippen molar-refractivity contribution < 1.29 is 18.4 Å². The third-order valence-corrected chi connectivity index (χ3v) is 7.25. The number of nitrogens with zero attached hydrogens (tertiary/aromatic N) is 4. The molecule has 1 aliphatic rings. The smallest absolute Gasteiger partial charge is 0.250 e. The summed E-state index contributed by atoms with van der Waals surface area (Å²) in [7, 11) is 0. The van der Waals surface area contributed by atoms with Crippen LogP contribution in [0.5, 0.6) is 0 Å². The Kier molecular flexibility index (Phi) is 7.95. The van der Waals surface area contributed by atoms with Crippen molar-refractivity contribution in [3.8, 4) is 0 Å². The maximum atomic E-state index is 14.2.